The van der Waals surface area contributed by atoms with Gasteiger partial charge in [0.25, 0.3) is 10.0 Å². The summed E-state index contributed by atoms with van der Waals surface area (Å²) in [6, 6.07) is 6.38. The number of hydrogen-bond acceptors (Lipinski definition) is 4. The van der Waals surface area contributed by atoms with Crippen molar-refractivity contribution in [2.75, 3.05) is 4.72 Å². The molecular weight excluding hydrogens is 412 g/mol. The van der Waals surface area contributed by atoms with Crippen LogP contribution in [0.4, 0.5) is 23.2 Å². The summed E-state index contributed by atoms with van der Waals surface area (Å²) in [5, 5.41) is 5.33. The van der Waals surface area contributed by atoms with E-state index in [0.717, 1.165) is 30.3 Å². The van der Waals surface area contributed by atoms with E-state index in [0.29, 0.717) is 17.6 Å². The third-order valence-electron chi connectivity index (χ3n) is 3.20. The standard InChI is InChI=1S/C15H12F4N2O4S2/c16-11-5-6-13(14(9-11)27(20,24)25)21-26(22,23)8-7-10-3-1-2-4-12(10)15(17,18)19/h1-9,21H,(H2,20,24,25). The van der Waals surface area contributed by atoms with Gasteiger partial charge >= 0.3 is 6.18 Å². The van der Waals surface area contributed by atoms with Crippen LogP contribution in [0.15, 0.2) is 52.8 Å². The molecule has 0 unspecified atom stereocenters. The van der Waals surface area contributed by atoms with Gasteiger partial charge in [0.15, 0.2) is 0 Å². The summed E-state index contributed by atoms with van der Waals surface area (Å²) in [6.07, 6.45) is -4.00. The van der Waals surface area contributed by atoms with Gasteiger partial charge in [-0.3, -0.25) is 4.72 Å². The Balaban J connectivity index is 2.39. The second kappa shape index (κ2) is 7.29. The normalized spacial score (nSPS) is 13.1. The second-order valence-corrected chi connectivity index (χ2v) is 8.32. The number of nitrogens with one attached hydrogen (secondary N) is 1. The predicted octanol–water partition coefficient (Wildman–Crippen LogP) is 2.90. The zero-order chi connectivity index (χ0) is 20.5. The number of primary sulfonamides is 1. The van der Waals surface area contributed by atoms with Gasteiger partial charge in [-0.25, -0.2) is 26.4 Å². The fourth-order valence-corrected chi connectivity index (χ4v) is 3.71. The van der Waals surface area contributed by atoms with Gasteiger partial charge in [-0.15, -0.1) is 0 Å². The molecule has 6 nitrogen and oxygen atoms in total. The van der Waals surface area contributed by atoms with Crippen molar-refractivity contribution in [3.8, 4) is 0 Å². The lowest BCUT2D eigenvalue weighted by Gasteiger charge is -2.11. The average molecular weight is 424 g/mol. The first-order chi connectivity index (χ1) is 12.3. The van der Waals surface area contributed by atoms with E-state index in [1.54, 1.807) is 0 Å². The van der Waals surface area contributed by atoms with Gasteiger partial charge in [-0.05, 0) is 35.9 Å². The van der Waals surface area contributed by atoms with Crippen LogP contribution in [0.3, 0.4) is 0 Å². The number of alkyl halides is 3. The van der Waals surface area contributed by atoms with E-state index in [9.17, 15) is 34.4 Å². The number of sulfonamides is 2. The van der Waals surface area contributed by atoms with Gasteiger partial charge in [0.2, 0.25) is 10.0 Å². The van der Waals surface area contributed by atoms with Gasteiger partial charge in [-0.1, -0.05) is 18.2 Å². The first-order valence-electron chi connectivity index (χ1n) is 6.99. The maximum Gasteiger partial charge on any atom is 0.416 e. The first kappa shape index (κ1) is 20.9. The number of halogens is 4. The van der Waals surface area contributed by atoms with Crippen LogP contribution in [0.5, 0.6) is 0 Å². The largest absolute Gasteiger partial charge is 0.416 e. The summed E-state index contributed by atoms with van der Waals surface area (Å²) in [4.78, 5) is -0.824. The third kappa shape index (κ3) is 5.52. The van der Waals surface area contributed by atoms with Gasteiger partial charge in [0.1, 0.15) is 10.7 Å². The highest BCUT2D eigenvalue weighted by Crippen LogP contribution is 2.32. The molecule has 0 saturated heterocycles. The summed E-state index contributed by atoms with van der Waals surface area (Å²) < 4.78 is 101. The lowest BCUT2D eigenvalue weighted by atomic mass is 10.1. The molecule has 0 aromatic heterocycles. The fourth-order valence-electron chi connectivity index (χ4n) is 2.07. The number of hydrogen-bond donors (Lipinski definition) is 2. The monoisotopic (exact) mass is 424 g/mol. The molecule has 0 radical (unpaired) electrons. The Labute approximate surface area is 152 Å². The zero-order valence-electron chi connectivity index (χ0n) is 13.2. The molecule has 0 aliphatic carbocycles. The zero-order valence-corrected chi connectivity index (χ0v) is 14.9. The van der Waals surface area contributed by atoms with Crippen molar-refractivity contribution >= 4 is 31.8 Å². The Morgan fingerprint density at radius 2 is 1.63 bits per heavy atom. The molecule has 0 bridgehead atoms. The quantitative estimate of drug-likeness (QED) is 0.720. The lowest BCUT2D eigenvalue weighted by Crippen LogP contribution is -2.17. The summed E-state index contributed by atoms with van der Waals surface area (Å²) in [7, 11) is -8.89. The Morgan fingerprint density at radius 1 is 1.00 bits per heavy atom. The van der Waals surface area contributed by atoms with Crippen LogP contribution in [-0.2, 0) is 26.2 Å². The van der Waals surface area contributed by atoms with Crippen molar-refractivity contribution in [1.82, 2.24) is 0 Å². The fraction of sp³-hybridized carbons (Fsp3) is 0.0667. The van der Waals surface area contributed by atoms with E-state index in [1.807, 2.05) is 4.72 Å². The number of rotatable bonds is 5. The third-order valence-corrected chi connectivity index (χ3v) is 5.14. The smallest absolute Gasteiger partial charge is 0.279 e. The van der Waals surface area contributed by atoms with Crippen molar-refractivity contribution in [3.63, 3.8) is 0 Å². The van der Waals surface area contributed by atoms with E-state index < -0.39 is 53.7 Å². The Hall–Kier alpha value is -2.44. The van der Waals surface area contributed by atoms with Crippen LogP contribution in [-0.4, -0.2) is 16.8 Å². The molecular formula is C15H12F4N2O4S2. The van der Waals surface area contributed by atoms with Crippen LogP contribution in [0.2, 0.25) is 0 Å². The number of anilines is 1. The van der Waals surface area contributed by atoms with Crippen molar-refractivity contribution in [2.45, 2.75) is 11.1 Å². The molecule has 0 fully saturated rings. The summed E-state index contributed by atoms with van der Waals surface area (Å²) in [6.45, 7) is 0. The molecule has 0 amide bonds. The molecule has 27 heavy (non-hydrogen) atoms. The van der Waals surface area contributed by atoms with Crippen LogP contribution in [0.1, 0.15) is 11.1 Å². The lowest BCUT2D eigenvalue weighted by molar-refractivity contribution is -0.137. The minimum Gasteiger partial charge on any atom is -0.279 e. The van der Waals surface area contributed by atoms with Crippen LogP contribution in [0.25, 0.3) is 6.08 Å². The second-order valence-electron chi connectivity index (χ2n) is 5.22. The Morgan fingerprint density at radius 3 is 2.22 bits per heavy atom. The number of nitrogens with two attached hydrogens (primary N) is 1. The van der Waals surface area contributed by atoms with Gasteiger partial charge < -0.3 is 0 Å². The maximum atomic E-state index is 13.2. The van der Waals surface area contributed by atoms with Gasteiger partial charge in [-0.2, -0.15) is 13.2 Å². The average Bonchev–Trinajstić information content (AvgIpc) is 2.53. The molecule has 0 spiro atoms. The molecule has 2 aromatic rings. The van der Waals surface area contributed by atoms with Crippen LogP contribution in [0, 0.1) is 5.82 Å². The van der Waals surface area contributed by atoms with Crippen molar-refractivity contribution in [1.29, 1.82) is 0 Å². The van der Waals surface area contributed by atoms with Crippen molar-refractivity contribution < 1.29 is 34.4 Å². The van der Waals surface area contributed by atoms with Crippen molar-refractivity contribution in [2.24, 2.45) is 5.14 Å². The molecule has 12 heteroatoms. The van der Waals surface area contributed by atoms with E-state index in [2.05, 4.69) is 0 Å². The molecule has 0 atom stereocenters. The molecule has 0 heterocycles. The van der Waals surface area contributed by atoms with E-state index >= 15 is 0 Å². The molecule has 146 valence electrons. The highest BCUT2D eigenvalue weighted by molar-refractivity contribution is 7.95. The molecule has 0 saturated carbocycles. The first-order valence-corrected chi connectivity index (χ1v) is 10.1. The number of benzene rings is 2. The molecule has 3 N–H and O–H groups in total. The topological polar surface area (TPSA) is 106 Å². The SMILES string of the molecule is NS(=O)(=O)c1cc(F)ccc1NS(=O)(=O)C=Cc1ccccc1C(F)(F)F. The minimum atomic E-state index is -4.70. The molecule has 2 aromatic carbocycles. The maximum absolute atomic E-state index is 13.2. The van der Waals surface area contributed by atoms with Crippen LogP contribution < -0.4 is 9.86 Å². The van der Waals surface area contributed by atoms with Crippen LogP contribution >= 0.6 is 0 Å². The highest BCUT2D eigenvalue weighted by Gasteiger charge is 2.32. The molecule has 0 aliphatic heterocycles. The summed E-state index contributed by atoms with van der Waals surface area (Å²) in [5.74, 6) is -0.975. The van der Waals surface area contributed by atoms with Crippen molar-refractivity contribution in [3.05, 3.63) is 64.8 Å². The highest BCUT2D eigenvalue weighted by atomic mass is 32.2. The van der Waals surface area contributed by atoms with Gasteiger partial charge in [0, 0.05) is 0 Å². The van der Waals surface area contributed by atoms with E-state index in [1.165, 1.54) is 6.07 Å². The summed E-state index contributed by atoms with van der Waals surface area (Å²) >= 11 is 0. The van der Waals surface area contributed by atoms with Gasteiger partial charge in [0.05, 0.1) is 16.7 Å². The Kier molecular flexibility index (Phi) is 5.63. The summed E-state index contributed by atoms with van der Waals surface area (Å²) in [5.41, 5.74) is -2.02. The van der Waals surface area contributed by atoms with E-state index in [4.69, 9.17) is 5.14 Å². The molecule has 2 rings (SSSR count). The minimum absolute atomic E-state index is 0.416. The molecule has 0 aliphatic rings. The Bertz CT molecular complexity index is 1100. The van der Waals surface area contributed by atoms with E-state index in [-0.39, 0.29) is 0 Å². The predicted molar refractivity (Wildman–Crippen MR) is 90.8 cm³/mol.